The Balaban J connectivity index is 1.81. The average Bonchev–Trinajstić information content (AvgIpc) is 3.14. The van der Waals surface area contributed by atoms with Gasteiger partial charge in [0.05, 0.1) is 6.10 Å². The van der Waals surface area contributed by atoms with Crippen LogP contribution in [0, 0.1) is 0 Å². The van der Waals surface area contributed by atoms with Crippen molar-refractivity contribution in [1.29, 1.82) is 0 Å². The molecular weight excluding hydrogens is 208 g/mol. The largest absolute Gasteiger partial charge is 0.365 e. The van der Waals surface area contributed by atoms with Crippen LogP contribution >= 0.6 is 0 Å². The van der Waals surface area contributed by atoms with Gasteiger partial charge in [0.1, 0.15) is 6.10 Å². The number of ether oxygens (including phenoxy) is 1. The van der Waals surface area contributed by atoms with Crippen molar-refractivity contribution in [2.45, 2.75) is 38.4 Å². The summed E-state index contributed by atoms with van der Waals surface area (Å²) < 4.78 is 5.62. The predicted octanol–water partition coefficient (Wildman–Crippen LogP) is 4.21. The molecule has 1 nitrogen and oxygen atoms in total. The molecule has 2 atom stereocenters. The number of hydrogen-bond acceptors (Lipinski definition) is 1. The van der Waals surface area contributed by atoms with Gasteiger partial charge in [0.25, 0.3) is 0 Å². The second-order valence-corrected chi connectivity index (χ2v) is 4.56. The fourth-order valence-electron chi connectivity index (χ4n) is 1.96. The number of hydrogen-bond donors (Lipinski definition) is 0. The summed E-state index contributed by atoms with van der Waals surface area (Å²) in [6.07, 6.45) is 8.51. The first-order chi connectivity index (χ1) is 8.31. The fraction of sp³-hybridized carbons (Fsp3) is 0.375. The molecule has 1 heteroatoms. The minimum atomic E-state index is 0.265. The Morgan fingerprint density at radius 1 is 1.35 bits per heavy atom. The van der Waals surface area contributed by atoms with Crippen molar-refractivity contribution < 1.29 is 4.74 Å². The Morgan fingerprint density at radius 2 is 2.12 bits per heavy atom. The van der Waals surface area contributed by atoms with Crippen LogP contribution in [0.4, 0.5) is 0 Å². The lowest BCUT2D eigenvalue weighted by atomic mass is 10.1. The van der Waals surface area contributed by atoms with E-state index >= 15 is 0 Å². The molecule has 1 aliphatic rings. The molecule has 0 N–H and O–H groups in total. The zero-order chi connectivity index (χ0) is 12.1. The van der Waals surface area contributed by atoms with E-state index in [-0.39, 0.29) is 6.10 Å². The maximum absolute atomic E-state index is 5.62. The summed E-state index contributed by atoms with van der Waals surface area (Å²) in [6, 6.07) is 10.3. The van der Waals surface area contributed by atoms with Crippen LogP contribution in [0.2, 0.25) is 0 Å². The lowest BCUT2D eigenvalue weighted by Gasteiger charge is -1.95. The molecule has 1 heterocycles. The Hall–Kier alpha value is -1.34. The van der Waals surface area contributed by atoms with Crippen molar-refractivity contribution in [3.63, 3.8) is 0 Å². The third-order valence-corrected chi connectivity index (χ3v) is 3.08. The maximum Gasteiger partial charge on any atom is 0.109 e. The van der Waals surface area contributed by atoms with Crippen LogP contribution in [0.3, 0.4) is 0 Å². The SMILES string of the molecule is C=C(/C=C/c1ccccc1)[C@@H]1O[C@H]1CCCC. The highest BCUT2D eigenvalue weighted by Gasteiger charge is 2.38. The van der Waals surface area contributed by atoms with Crippen molar-refractivity contribution in [3.05, 3.63) is 54.1 Å². The van der Waals surface area contributed by atoms with Gasteiger partial charge >= 0.3 is 0 Å². The van der Waals surface area contributed by atoms with Crippen molar-refractivity contribution in [2.24, 2.45) is 0 Å². The van der Waals surface area contributed by atoms with E-state index in [9.17, 15) is 0 Å². The van der Waals surface area contributed by atoms with Gasteiger partial charge in [-0.1, -0.05) is 68.8 Å². The number of epoxide rings is 1. The van der Waals surface area contributed by atoms with Gasteiger partial charge in [-0.2, -0.15) is 0 Å². The summed E-state index contributed by atoms with van der Waals surface area (Å²) in [5, 5.41) is 0. The fourth-order valence-corrected chi connectivity index (χ4v) is 1.96. The molecule has 0 radical (unpaired) electrons. The van der Waals surface area contributed by atoms with Gasteiger partial charge in [0.15, 0.2) is 0 Å². The van der Waals surface area contributed by atoms with Crippen molar-refractivity contribution in [3.8, 4) is 0 Å². The van der Waals surface area contributed by atoms with Crippen LogP contribution in [-0.4, -0.2) is 12.2 Å². The van der Waals surface area contributed by atoms with E-state index in [1.54, 1.807) is 0 Å². The van der Waals surface area contributed by atoms with E-state index in [1.165, 1.54) is 24.8 Å². The molecule has 0 unspecified atom stereocenters. The predicted molar refractivity (Wildman–Crippen MR) is 72.8 cm³/mol. The molecule has 0 saturated carbocycles. The molecule has 1 aliphatic heterocycles. The molecule has 0 amide bonds. The lowest BCUT2D eigenvalue weighted by molar-refractivity contribution is 0.372. The molecule has 2 rings (SSSR count). The molecule has 1 saturated heterocycles. The normalized spacial score (nSPS) is 22.9. The second kappa shape index (κ2) is 5.83. The molecule has 0 bridgehead atoms. The molecule has 17 heavy (non-hydrogen) atoms. The molecule has 0 aliphatic carbocycles. The number of unbranched alkanes of at least 4 members (excludes halogenated alkanes) is 1. The molecular formula is C16H20O. The molecule has 1 aromatic rings. The molecule has 0 aromatic heterocycles. The zero-order valence-corrected chi connectivity index (χ0v) is 10.4. The average molecular weight is 228 g/mol. The first-order valence-corrected chi connectivity index (χ1v) is 6.38. The summed E-state index contributed by atoms with van der Waals surface area (Å²) in [5.41, 5.74) is 2.30. The van der Waals surface area contributed by atoms with E-state index in [0.29, 0.717) is 6.10 Å². The van der Waals surface area contributed by atoms with E-state index in [4.69, 9.17) is 4.74 Å². The van der Waals surface area contributed by atoms with Gasteiger partial charge < -0.3 is 4.74 Å². The van der Waals surface area contributed by atoms with E-state index < -0.39 is 0 Å². The minimum Gasteiger partial charge on any atom is -0.365 e. The van der Waals surface area contributed by atoms with E-state index in [2.05, 4.69) is 37.8 Å². The third kappa shape index (κ3) is 3.57. The molecule has 90 valence electrons. The topological polar surface area (TPSA) is 12.5 Å². The van der Waals surface area contributed by atoms with Crippen molar-refractivity contribution in [2.75, 3.05) is 0 Å². The van der Waals surface area contributed by atoms with Gasteiger partial charge in [-0.3, -0.25) is 0 Å². The highest BCUT2D eigenvalue weighted by atomic mass is 16.6. The summed E-state index contributed by atoms with van der Waals surface area (Å²) in [7, 11) is 0. The van der Waals surface area contributed by atoms with Crippen LogP contribution in [0.5, 0.6) is 0 Å². The van der Waals surface area contributed by atoms with E-state index in [0.717, 1.165) is 5.57 Å². The van der Waals surface area contributed by atoms with Crippen molar-refractivity contribution in [1.82, 2.24) is 0 Å². The lowest BCUT2D eigenvalue weighted by Crippen LogP contribution is -1.95. The standard InChI is InChI=1S/C16H20O/c1-3-4-10-15-16(17-15)13(2)11-12-14-8-6-5-7-9-14/h5-9,11-12,15-16H,2-4,10H2,1H3/b12-11+/t15-,16-/m0/s1. The minimum absolute atomic E-state index is 0.265. The van der Waals surface area contributed by atoms with Gasteiger partial charge in [0.2, 0.25) is 0 Å². The quantitative estimate of drug-likeness (QED) is 0.525. The third-order valence-electron chi connectivity index (χ3n) is 3.08. The summed E-state index contributed by atoms with van der Waals surface area (Å²) in [4.78, 5) is 0. The second-order valence-electron chi connectivity index (χ2n) is 4.56. The Labute approximate surface area is 104 Å². The van der Waals surface area contributed by atoms with Crippen LogP contribution < -0.4 is 0 Å². The zero-order valence-electron chi connectivity index (χ0n) is 10.4. The number of rotatable bonds is 6. The highest BCUT2D eigenvalue weighted by Crippen LogP contribution is 2.33. The Morgan fingerprint density at radius 3 is 2.82 bits per heavy atom. The van der Waals surface area contributed by atoms with Gasteiger partial charge in [-0.25, -0.2) is 0 Å². The van der Waals surface area contributed by atoms with Gasteiger partial charge in [-0.05, 0) is 17.6 Å². The number of benzene rings is 1. The smallest absolute Gasteiger partial charge is 0.109 e. The van der Waals surface area contributed by atoms with Crippen LogP contribution in [0.25, 0.3) is 6.08 Å². The van der Waals surface area contributed by atoms with E-state index in [1.807, 2.05) is 18.2 Å². The maximum atomic E-state index is 5.62. The van der Waals surface area contributed by atoms with Crippen LogP contribution in [0.1, 0.15) is 31.7 Å². The monoisotopic (exact) mass is 228 g/mol. The van der Waals surface area contributed by atoms with Crippen molar-refractivity contribution >= 4 is 6.08 Å². The summed E-state index contributed by atoms with van der Waals surface area (Å²) in [6.45, 7) is 6.29. The Bertz CT molecular complexity index is 391. The van der Waals surface area contributed by atoms with Crippen LogP contribution in [0.15, 0.2) is 48.6 Å². The highest BCUT2D eigenvalue weighted by molar-refractivity contribution is 5.53. The first-order valence-electron chi connectivity index (χ1n) is 6.38. The van der Waals surface area contributed by atoms with Gasteiger partial charge in [-0.15, -0.1) is 0 Å². The van der Waals surface area contributed by atoms with Gasteiger partial charge in [0, 0.05) is 0 Å². The van der Waals surface area contributed by atoms with Crippen LogP contribution in [-0.2, 0) is 4.74 Å². The summed E-state index contributed by atoms with van der Waals surface area (Å²) >= 11 is 0. The molecule has 0 spiro atoms. The molecule has 1 fully saturated rings. The summed E-state index contributed by atoms with van der Waals surface area (Å²) in [5.74, 6) is 0. The first kappa shape index (κ1) is 12.1. The molecule has 1 aromatic carbocycles. The Kier molecular flexibility index (Phi) is 4.16.